The second-order valence-corrected chi connectivity index (χ2v) is 51.1. The van der Waals surface area contributed by atoms with Crippen molar-refractivity contribution >= 4 is 232 Å². The van der Waals surface area contributed by atoms with Gasteiger partial charge < -0.3 is 125 Å². The SMILES string of the molecule is Nc1nc2c(nnn2[C@@H]2S[C@@H]3COP(O)(=S)O[C@H]4C[C@H](c5cnc6c(N)ccnn56)O[C@@H]4COP(O)(=S)O[C@@H]2[C@@H]3O)c(=O)[nH]1.Nc1nc2c(nnn2[C@@H]2S[C@@H]3COP(O)(=S)O[C@H]4C[C@H](c5cnc6c(N)ccnn56)O[C@@H]4COP(O)(=S)O[C@@H]2[C@@H]3O)c(=O)[nH]1.Nc1nc2c(nnn2[C@@H]2S[C@@H]3COP(O)(=S)O[C@H]4C[C@H](c5cnn6c(N)ccnc56)O[C@@H]4COP(=O)(S)O[C@@H]2[C@@H]3O)c(=O)[nH]1. The topological polar surface area (TPSA) is 793 Å². The number of aliphatic hydroxyl groups is 3. The van der Waals surface area contributed by atoms with Gasteiger partial charge in [-0.15, -0.1) is 50.6 Å². The van der Waals surface area contributed by atoms with Gasteiger partial charge in [-0.2, -0.15) is 34.8 Å². The van der Waals surface area contributed by atoms with E-state index < -0.39 is 180 Å². The van der Waals surface area contributed by atoms with E-state index >= 15 is 0 Å². The number of aromatic nitrogens is 24. The number of aromatic amines is 3. The Morgan fingerprint density at radius 3 is 1.17 bits per heavy atom. The van der Waals surface area contributed by atoms with Crippen molar-refractivity contribution in [3.8, 4) is 0 Å². The van der Waals surface area contributed by atoms with Gasteiger partial charge in [0.1, 0.15) is 70.8 Å². The number of thioether (sulfide) groups is 3. The van der Waals surface area contributed by atoms with Gasteiger partial charge in [0, 0.05) is 31.0 Å². The number of nitrogens with zero attached hydrogens (tertiary/aromatic N) is 21. The van der Waals surface area contributed by atoms with Crippen molar-refractivity contribution in [1.29, 1.82) is 0 Å². The first kappa shape index (κ1) is 94.4. The fraction of sp³-hybridized carbons (Fsp3) is 0.500. The molecule has 27 atom stereocenters. The van der Waals surface area contributed by atoms with Crippen molar-refractivity contribution in [3.05, 3.63) is 103 Å². The summed E-state index contributed by atoms with van der Waals surface area (Å²) in [6, 6.07) is 4.83. The summed E-state index contributed by atoms with van der Waals surface area (Å²) in [5.41, 5.74) is 36.9. The van der Waals surface area contributed by atoms with Crippen molar-refractivity contribution in [2.75, 3.05) is 74.0 Å². The predicted octanol–water partition coefficient (Wildman–Crippen LogP) is -0.746. The quantitative estimate of drug-likeness (QED) is 0.0720. The maximum atomic E-state index is 13.6. The first-order chi connectivity index (χ1) is 62.7. The maximum Gasteiger partial charge on any atom is 0.386 e. The average Bonchev–Trinajstić information content (AvgIpc) is 1.61. The van der Waals surface area contributed by atoms with Gasteiger partial charge in [-0.3, -0.25) is 47.4 Å². The zero-order chi connectivity index (χ0) is 92.9. The minimum Gasteiger partial charge on any atom is -0.396 e. The highest BCUT2D eigenvalue weighted by Crippen LogP contribution is 2.63. The first-order valence-corrected chi connectivity index (χ1v) is 57.1. The number of hydrogen-bond acceptors (Lipinski definition) is 51. The van der Waals surface area contributed by atoms with Crippen molar-refractivity contribution in [3.63, 3.8) is 0 Å². The Morgan fingerprint density at radius 1 is 0.417 bits per heavy atom. The lowest BCUT2D eigenvalue weighted by Crippen LogP contribution is -2.35. The van der Waals surface area contributed by atoms with Crippen LogP contribution in [-0.2, 0) is 132 Å². The van der Waals surface area contributed by atoms with E-state index in [0.29, 0.717) is 51.1 Å². The van der Waals surface area contributed by atoms with Crippen LogP contribution in [0.2, 0.25) is 0 Å². The number of ether oxygens (including phenoxy) is 3. The van der Waals surface area contributed by atoms with Crippen LogP contribution in [0.5, 0.6) is 0 Å². The van der Waals surface area contributed by atoms with Gasteiger partial charge in [0.25, 0.3) is 16.7 Å². The molecule has 9 aliphatic heterocycles. The normalized spacial score (nSPS) is 36.6. The minimum atomic E-state index is -4.22. The highest BCUT2D eigenvalue weighted by Gasteiger charge is 2.56. The van der Waals surface area contributed by atoms with Crippen LogP contribution in [0.25, 0.3) is 50.4 Å². The fourth-order valence-corrected chi connectivity index (χ4v) is 29.4. The summed E-state index contributed by atoms with van der Waals surface area (Å²) in [5, 5.41) is 65.0. The Labute approximate surface area is 778 Å². The van der Waals surface area contributed by atoms with Gasteiger partial charge in [0.2, 0.25) is 17.8 Å². The average molecular weight is 2120 g/mol. The number of hydrogen-bond donors (Lipinski definition) is 18. The first-order valence-electron chi connectivity index (χ1n) is 38.6. The smallest absolute Gasteiger partial charge is 0.386 e. The Morgan fingerprint density at radius 2 is 0.773 bits per heavy atom. The molecular formula is C60H72N30O27P6S9. The summed E-state index contributed by atoms with van der Waals surface area (Å²) in [5.74, 6) is -0.194. The van der Waals surface area contributed by atoms with Crippen LogP contribution < -0.4 is 51.1 Å². The molecule has 9 saturated heterocycles. The van der Waals surface area contributed by atoms with E-state index in [-0.39, 0.29) is 110 Å². The standard InChI is InChI=1S/3C20H24N10O9P2S3/c21-12-1-2-23-16-7(4-24-29(12)16)8-3-9-10(37-8)5-35-41(34,43)39-15-14(31)11(6-36-40(33,42)38-9)44-19(15)30-17-13(27-28-30)18(32)26-20(22)25-17;2*21-7-1-2-24-29-8(4-23-16(7)29)9-3-10-11(37-9)5-35-41(34,43)39-15-14(31)12(6-36-40(33,42)38-10)44-19(15)30-17-13(27-28-30)18(32)26-20(22)25-17/h1-2,4,8-11,14-15,19,31H,3,5-6,21H2,(H,33,42)(H,34,43)(H3,22,25,26,32);2*1-2,4,9-12,14-15,19,31H,3,5-6,21H2,(H,33,42)(H,34,43)(H3,22,25,26,32)/t8-,9+,10-,11-,14-,15-,19-,40?,41?;2*9-,10+,11-,12-,14-,15-,19-,40?,41?/m111/s1. The number of H-pyrrole nitrogens is 3. The highest BCUT2D eigenvalue weighted by atomic mass is 32.7. The van der Waals surface area contributed by atoms with Gasteiger partial charge in [0.05, 0.1) is 152 Å². The summed E-state index contributed by atoms with van der Waals surface area (Å²) < 4.78 is 109. The third-order valence-electron chi connectivity index (χ3n) is 21.7. The Bertz CT molecular complexity index is 6370. The van der Waals surface area contributed by atoms with E-state index in [1.165, 1.54) is 46.2 Å². The molecule has 0 radical (unpaired) electrons. The molecule has 6 bridgehead atoms. The molecule has 0 spiro atoms. The molecular weight excluding hydrogens is 2050 g/mol. The zero-order valence-electron chi connectivity index (χ0n) is 66.3. The second-order valence-electron chi connectivity index (χ2n) is 30.2. The summed E-state index contributed by atoms with van der Waals surface area (Å²) in [6.45, 7) is -26.0. The van der Waals surface area contributed by atoms with Crippen molar-refractivity contribution in [2.24, 2.45) is 0 Å². The molecule has 0 saturated carbocycles. The van der Waals surface area contributed by atoms with Crippen LogP contribution in [0.1, 0.15) is 70.6 Å². The molecule has 9 aliphatic rings. The number of rotatable bonds is 6. The van der Waals surface area contributed by atoms with Crippen molar-refractivity contribution in [1.82, 2.24) is 119 Å². The van der Waals surface area contributed by atoms with Gasteiger partial charge in [-0.05, 0) is 77.2 Å². The number of fused-ring (bicyclic) bond motifs is 15. The fourth-order valence-electron chi connectivity index (χ4n) is 15.7. The molecule has 21 heterocycles. The Kier molecular flexibility index (Phi) is 26.2. The van der Waals surface area contributed by atoms with Crippen LogP contribution >= 0.6 is 87.9 Å². The van der Waals surface area contributed by atoms with Crippen LogP contribution in [0.15, 0.2) is 69.8 Å². The highest BCUT2D eigenvalue weighted by molar-refractivity contribution is 8.44. The number of imidazole rings is 2. The van der Waals surface area contributed by atoms with Crippen molar-refractivity contribution < 1.29 is 113 Å². The number of thiol groups is 1. The molecule has 0 aromatic carbocycles. The third kappa shape index (κ3) is 19.1. The molecule has 21 rings (SSSR count). The van der Waals surface area contributed by atoms with Crippen LogP contribution in [0, 0.1) is 0 Å². The molecule has 0 aliphatic carbocycles. The van der Waals surface area contributed by atoms with Crippen LogP contribution in [0.3, 0.4) is 0 Å². The molecule has 0 amide bonds. The van der Waals surface area contributed by atoms with Gasteiger partial charge in [0.15, 0.2) is 50.4 Å². The lowest BCUT2D eigenvalue weighted by Gasteiger charge is -2.27. The lowest BCUT2D eigenvalue weighted by atomic mass is 10.1. The number of nitrogen functional groups attached to an aromatic ring is 6. The molecule has 132 heavy (non-hydrogen) atoms. The summed E-state index contributed by atoms with van der Waals surface area (Å²) in [6.07, 6.45) is -5.18. The lowest BCUT2D eigenvalue weighted by molar-refractivity contribution is -0.0242. The minimum absolute atomic E-state index is 0.00469. The monoisotopic (exact) mass is 2120 g/mol. The molecule has 12 aromatic heterocycles. The van der Waals surface area contributed by atoms with E-state index in [4.69, 9.17) is 162 Å². The summed E-state index contributed by atoms with van der Waals surface area (Å²) >= 11 is 34.0. The molecule has 708 valence electrons. The number of anilines is 6. The molecule has 57 nitrogen and oxygen atoms in total. The Balaban J connectivity index is 0.000000128. The van der Waals surface area contributed by atoms with Crippen molar-refractivity contribution in [2.45, 2.75) is 143 Å². The van der Waals surface area contributed by atoms with Gasteiger partial charge in [-0.1, -0.05) is 27.9 Å². The summed E-state index contributed by atoms with van der Waals surface area (Å²) in [7, 11) is 0. The second kappa shape index (κ2) is 36.7. The number of nitrogens with one attached hydrogen (secondary N) is 3. The zero-order valence-corrected chi connectivity index (χ0v) is 79.1. The Hall–Kier alpha value is -6.54. The number of nitrogens with two attached hydrogens (primary N) is 6. The number of aliphatic hydroxyl groups excluding tert-OH is 3. The van der Waals surface area contributed by atoms with E-state index in [2.05, 4.69) is 103 Å². The predicted molar refractivity (Wildman–Crippen MR) is 483 cm³/mol. The molecule has 12 aromatic rings. The third-order valence-corrected chi connectivity index (χ3v) is 35.7. The van der Waals surface area contributed by atoms with E-state index in [1.54, 1.807) is 36.8 Å². The van der Waals surface area contributed by atoms with E-state index in [9.17, 15) is 58.7 Å². The largest absolute Gasteiger partial charge is 0.396 e. The van der Waals surface area contributed by atoms with Crippen LogP contribution in [0.4, 0.5) is 35.0 Å². The molecule has 23 N–H and O–H groups in total. The summed E-state index contributed by atoms with van der Waals surface area (Å²) in [4.78, 5) is 125. The van der Waals surface area contributed by atoms with Gasteiger partial charge in [-0.25, -0.2) is 42.6 Å². The van der Waals surface area contributed by atoms with Gasteiger partial charge >= 0.3 is 40.4 Å². The molecule has 72 heteroatoms. The van der Waals surface area contributed by atoms with Crippen LogP contribution in [-0.4, -0.2) is 287 Å². The molecule has 9 fully saturated rings. The molecule has 6 unspecified atom stereocenters. The van der Waals surface area contributed by atoms with E-state index in [1.807, 2.05) is 0 Å². The maximum absolute atomic E-state index is 13.6. The van der Waals surface area contributed by atoms with E-state index in [0.717, 1.165) is 35.3 Å².